The topological polar surface area (TPSA) is 9.23 Å². The van der Waals surface area contributed by atoms with Crippen LogP contribution in [0.15, 0.2) is 29.2 Å². The summed E-state index contributed by atoms with van der Waals surface area (Å²) in [6.45, 7) is 3.76. The van der Waals surface area contributed by atoms with Gasteiger partial charge >= 0.3 is 0 Å². The maximum atomic E-state index is 12.6. The molecule has 0 atom stereocenters. The van der Waals surface area contributed by atoms with Crippen LogP contribution in [0, 0.1) is 5.82 Å². The minimum atomic E-state index is -0.182. The molecule has 0 aliphatic rings. The fourth-order valence-electron chi connectivity index (χ4n) is 1.10. The van der Waals surface area contributed by atoms with Crippen molar-refractivity contribution in [1.82, 2.24) is 0 Å². The number of ether oxygens (including phenoxy) is 1. The van der Waals surface area contributed by atoms with Gasteiger partial charge in [0, 0.05) is 17.3 Å². The lowest BCUT2D eigenvalue weighted by atomic mass is 10.4. The zero-order valence-corrected chi connectivity index (χ0v) is 9.86. The van der Waals surface area contributed by atoms with E-state index in [9.17, 15) is 4.39 Å². The van der Waals surface area contributed by atoms with Gasteiger partial charge in [0.05, 0.1) is 6.61 Å². The molecule has 0 bridgehead atoms. The van der Waals surface area contributed by atoms with Crippen LogP contribution < -0.4 is 0 Å². The summed E-state index contributed by atoms with van der Waals surface area (Å²) in [5, 5.41) is 0. The molecule has 0 aliphatic carbocycles. The molecule has 84 valence electrons. The van der Waals surface area contributed by atoms with Crippen LogP contribution in [0.5, 0.6) is 0 Å². The Morgan fingerprint density at radius 3 is 2.60 bits per heavy atom. The molecular weight excluding hydrogens is 211 g/mol. The third kappa shape index (κ3) is 5.80. The van der Waals surface area contributed by atoms with E-state index >= 15 is 0 Å². The van der Waals surface area contributed by atoms with Crippen LogP contribution >= 0.6 is 11.8 Å². The van der Waals surface area contributed by atoms with Crippen LogP contribution in [0.3, 0.4) is 0 Å². The van der Waals surface area contributed by atoms with Gasteiger partial charge in [0.1, 0.15) is 5.82 Å². The van der Waals surface area contributed by atoms with Crippen molar-refractivity contribution in [2.24, 2.45) is 0 Å². The molecule has 3 heteroatoms. The summed E-state index contributed by atoms with van der Waals surface area (Å²) < 4.78 is 18.0. The largest absolute Gasteiger partial charge is 0.381 e. The molecule has 1 nitrogen and oxygen atoms in total. The maximum Gasteiger partial charge on any atom is 0.123 e. The van der Waals surface area contributed by atoms with Crippen LogP contribution in [-0.4, -0.2) is 19.0 Å². The quantitative estimate of drug-likeness (QED) is 0.519. The second-order valence-electron chi connectivity index (χ2n) is 3.27. The Labute approximate surface area is 95.0 Å². The van der Waals surface area contributed by atoms with Gasteiger partial charge in [-0.15, -0.1) is 11.8 Å². The van der Waals surface area contributed by atoms with E-state index in [0.717, 1.165) is 30.3 Å². The minimum Gasteiger partial charge on any atom is -0.381 e. The highest BCUT2D eigenvalue weighted by molar-refractivity contribution is 7.99. The zero-order valence-electron chi connectivity index (χ0n) is 9.04. The van der Waals surface area contributed by atoms with E-state index in [1.54, 1.807) is 23.9 Å². The lowest BCUT2D eigenvalue weighted by Gasteiger charge is -2.03. The predicted octanol–water partition coefficient (Wildman–Crippen LogP) is 3.73. The summed E-state index contributed by atoms with van der Waals surface area (Å²) in [5.74, 6) is 0.744. The molecule has 15 heavy (non-hydrogen) atoms. The van der Waals surface area contributed by atoms with Crippen LogP contribution in [0.25, 0.3) is 0 Å². The summed E-state index contributed by atoms with van der Waals surface area (Å²) >= 11 is 1.70. The number of benzene rings is 1. The Morgan fingerprint density at radius 2 is 1.93 bits per heavy atom. The highest BCUT2D eigenvalue weighted by Gasteiger charge is 1.94. The molecule has 1 aromatic rings. The zero-order chi connectivity index (χ0) is 10.9. The Morgan fingerprint density at radius 1 is 1.20 bits per heavy atom. The van der Waals surface area contributed by atoms with Gasteiger partial charge in [-0.1, -0.05) is 13.3 Å². The number of halogens is 1. The standard InChI is InChI=1S/C12H17FOS/c1-2-3-8-14-9-10-15-12-6-4-11(13)5-7-12/h4-7H,2-3,8-10H2,1H3. The monoisotopic (exact) mass is 228 g/mol. The lowest BCUT2D eigenvalue weighted by Crippen LogP contribution is -1.98. The molecular formula is C12H17FOS. The van der Waals surface area contributed by atoms with Gasteiger partial charge in [0.25, 0.3) is 0 Å². The van der Waals surface area contributed by atoms with E-state index in [1.165, 1.54) is 18.6 Å². The number of hydrogen-bond donors (Lipinski definition) is 0. The molecule has 1 rings (SSSR count). The number of unbranched alkanes of at least 4 members (excludes halogenated alkanes) is 1. The smallest absolute Gasteiger partial charge is 0.123 e. The molecule has 0 amide bonds. The summed E-state index contributed by atoms with van der Waals surface area (Å²) in [6.07, 6.45) is 2.30. The second-order valence-corrected chi connectivity index (χ2v) is 4.44. The fourth-order valence-corrected chi connectivity index (χ4v) is 1.86. The van der Waals surface area contributed by atoms with E-state index in [0.29, 0.717) is 0 Å². The van der Waals surface area contributed by atoms with Crippen molar-refractivity contribution in [2.75, 3.05) is 19.0 Å². The summed E-state index contributed by atoms with van der Waals surface area (Å²) in [4.78, 5) is 1.09. The van der Waals surface area contributed by atoms with Crippen LogP contribution in [-0.2, 0) is 4.74 Å². The Balaban J connectivity index is 2.07. The summed E-state index contributed by atoms with van der Waals surface area (Å²) in [7, 11) is 0. The van der Waals surface area contributed by atoms with E-state index in [2.05, 4.69) is 6.92 Å². The summed E-state index contributed by atoms with van der Waals surface area (Å²) in [5.41, 5.74) is 0. The van der Waals surface area contributed by atoms with Crippen molar-refractivity contribution in [2.45, 2.75) is 24.7 Å². The van der Waals surface area contributed by atoms with Gasteiger partial charge in [0.15, 0.2) is 0 Å². The van der Waals surface area contributed by atoms with Gasteiger partial charge < -0.3 is 4.74 Å². The molecule has 0 unspecified atom stereocenters. The maximum absolute atomic E-state index is 12.6. The number of thioether (sulfide) groups is 1. The van der Waals surface area contributed by atoms with E-state index in [-0.39, 0.29) is 5.82 Å². The number of rotatable bonds is 7. The highest BCUT2D eigenvalue weighted by Crippen LogP contribution is 2.17. The van der Waals surface area contributed by atoms with E-state index in [1.807, 2.05) is 0 Å². The first-order valence-corrected chi connectivity index (χ1v) is 6.27. The first-order chi connectivity index (χ1) is 7.33. The van der Waals surface area contributed by atoms with Crippen molar-refractivity contribution in [3.05, 3.63) is 30.1 Å². The average Bonchev–Trinajstić information content (AvgIpc) is 2.26. The van der Waals surface area contributed by atoms with Gasteiger partial charge in [-0.3, -0.25) is 0 Å². The Bertz CT molecular complexity index is 261. The first-order valence-electron chi connectivity index (χ1n) is 5.29. The normalized spacial score (nSPS) is 10.5. The Hall–Kier alpha value is -0.540. The van der Waals surface area contributed by atoms with Crippen molar-refractivity contribution in [3.63, 3.8) is 0 Å². The highest BCUT2D eigenvalue weighted by atomic mass is 32.2. The minimum absolute atomic E-state index is 0.182. The van der Waals surface area contributed by atoms with Crippen LogP contribution in [0.1, 0.15) is 19.8 Å². The Kier molecular flexibility index (Phi) is 6.44. The van der Waals surface area contributed by atoms with Crippen LogP contribution in [0.2, 0.25) is 0 Å². The van der Waals surface area contributed by atoms with Gasteiger partial charge in [-0.05, 0) is 30.7 Å². The van der Waals surface area contributed by atoms with Gasteiger partial charge in [0.2, 0.25) is 0 Å². The SMILES string of the molecule is CCCCOCCSc1ccc(F)cc1. The molecule has 0 saturated carbocycles. The molecule has 0 saturated heterocycles. The van der Waals surface area contributed by atoms with E-state index in [4.69, 9.17) is 4.74 Å². The van der Waals surface area contributed by atoms with Crippen molar-refractivity contribution in [1.29, 1.82) is 0 Å². The first kappa shape index (κ1) is 12.5. The molecule has 0 radical (unpaired) electrons. The molecule has 1 aromatic carbocycles. The average molecular weight is 228 g/mol. The van der Waals surface area contributed by atoms with E-state index < -0.39 is 0 Å². The van der Waals surface area contributed by atoms with Crippen LogP contribution in [0.4, 0.5) is 4.39 Å². The lowest BCUT2D eigenvalue weighted by molar-refractivity contribution is 0.147. The molecule has 0 spiro atoms. The third-order valence-corrected chi connectivity index (χ3v) is 2.93. The van der Waals surface area contributed by atoms with Crippen molar-refractivity contribution >= 4 is 11.8 Å². The molecule has 0 aliphatic heterocycles. The molecule has 0 fully saturated rings. The molecule has 0 N–H and O–H groups in total. The van der Waals surface area contributed by atoms with Gasteiger partial charge in [-0.25, -0.2) is 4.39 Å². The van der Waals surface area contributed by atoms with Crippen molar-refractivity contribution < 1.29 is 9.13 Å². The fraction of sp³-hybridized carbons (Fsp3) is 0.500. The predicted molar refractivity (Wildman–Crippen MR) is 62.9 cm³/mol. The number of hydrogen-bond acceptors (Lipinski definition) is 2. The second kappa shape index (κ2) is 7.71. The van der Waals surface area contributed by atoms with Gasteiger partial charge in [-0.2, -0.15) is 0 Å². The van der Waals surface area contributed by atoms with Crippen molar-refractivity contribution in [3.8, 4) is 0 Å². The summed E-state index contributed by atoms with van der Waals surface area (Å²) in [6, 6.07) is 6.57. The molecule has 0 heterocycles. The third-order valence-electron chi connectivity index (χ3n) is 1.95. The molecule has 0 aromatic heterocycles.